The van der Waals surface area contributed by atoms with E-state index in [9.17, 15) is 9.59 Å². The number of nitrogens with zero attached hydrogens (tertiary/aromatic N) is 2. The number of hydrogen-bond donors (Lipinski definition) is 1. The van der Waals surface area contributed by atoms with Crippen LogP contribution < -0.4 is 10.2 Å². The maximum atomic E-state index is 13.0. The molecule has 5 nitrogen and oxygen atoms in total. The molecule has 1 N–H and O–H groups in total. The summed E-state index contributed by atoms with van der Waals surface area (Å²) in [6.07, 6.45) is 4.45. The summed E-state index contributed by atoms with van der Waals surface area (Å²) in [5, 5.41) is 3.81. The summed E-state index contributed by atoms with van der Waals surface area (Å²) in [5.74, 6) is -0.552. The maximum Gasteiger partial charge on any atom is 0.278 e. The second kappa shape index (κ2) is 8.92. The highest BCUT2D eigenvalue weighted by Gasteiger charge is 2.38. The van der Waals surface area contributed by atoms with E-state index < -0.39 is 0 Å². The molecule has 0 aliphatic carbocycles. The van der Waals surface area contributed by atoms with E-state index in [0.717, 1.165) is 18.8 Å². The number of nitrogens with one attached hydrogen (secondary N) is 1. The zero-order chi connectivity index (χ0) is 21.1. The van der Waals surface area contributed by atoms with Crippen molar-refractivity contribution in [3.63, 3.8) is 0 Å². The number of amides is 2. The van der Waals surface area contributed by atoms with Gasteiger partial charge in [0.1, 0.15) is 5.70 Å². The van der Waals surface area contributed by atoms with E-state index in [2.05, 4.69) is 22.3 Å². The Morgan fingerprint density at radius 1 is 0.900 bits per heavy atom. The first-order chi connectivity index (χ1) is 14.6. The van der Waals surface area contributed by atoms with Gasteiger partial charge in [-0.1, -0.05) is 30.7 Å². The van der Waals surface area contributed by atoms with Crippen LogP contribution in [0.3, 0.4) is 0 Å². The van der Waals surface area contributed by atoms with Crippen LogP contribution in [-0.2, 0) is 9.59 Å². The SMILES string of the molecule is CCCN1C(=O)C(Nc2ccc(N3CCCCC3)cc2)=C(c2ccc(Cl)cc2)C1=O. The molecule has 2 aromatic carbocycles. The van der Waals surface area contributed by atoms with Crippen LogP contribution in [-0.4, -0.2) is 36.3 Å². The number of halogens is 1. The van der Waals surface area contributed by atoms with E-state index in [1.807, 2.05) is 19.1 Å². The lowest BCUT2D eigenvalue weighted by molar-refractivity contribution is -0.136. The number of rotatable bonds is 6. The van der Waals surface area contributed by atoms with E-state index in [4.69, 9.17) is 11.6 Å². The highest BCUT2D eigenvalue weighted by molar-refractivity contribution is 6.36. The van der Waals surface area contributed by atoms with Crippen molar-refractivity contribution in [1.29, 1.82) is 0 Å². The Labute approximate surface area is 182 Å². The number of benzene rings is 2. The molecule has 2 aliphatic heterocycles. The Bertz CT molecular complexity index is 961. The fourth-order valence-corrected chi connectivity index (χ4v) is 4.18. The standard InChI is InChI=1S/C24H26ClN3O2/c1-2-14-28-23(29)21(17-6-8-18(25)9-7-17)22(24(28)30)26-19-10-12-20(13-11-19)27-15-4-3-5-16-27/h6-13,26H,2-5,14-16H2,1H3. The molecular weight excluding hydrogens is 398 g/mol. The van der Waals surface area contributed by atoms with Crippen LogP contribution in [0, 0.1) is 0 Å². The average molecular weight is 424 g/mol. The lowest BCUT2D eigenvalue weighted by atomic mass is 10.0. The minimum absolute atomic E-state index is 0.267. The summed E-state index contributed by atoms with van der Waals surface area (Å²) in [6, 6.07) is 15.1. The third-order valence-electron chi connectivity index (χ3n) is 5.61. The van der Waals surface area contributed by atoms with E-state index >= 15 is 0 Å². The Hall–Kier alpha value is -2.79. The van der Waals surface area contributed by atoms with Gasteiger partial charge in [0.05, 0.1) is 5.57 Å². The Kier molecular flexibility index (Phi) is 6.09. The Morgan fingerprint density at radius 2 is 1.57 bits per heavy atom. The fourth-order valence-electron chi connectivity index (χ4n) is 4.06. The Morgan fingerprint density at radius 3 is 2.20 bits per heavy atom. The number of carbonyl (C=O) groups excluding carboxylic acids is 2. The van der Waals surface area contributed by atoms with Gasteiger partial charge in [0.15, 0.2) is 0 Å². The minimum atomic E-state index is -0.285. The van der Waals surface area contributed by atoms with Crippen LogP contribution in [0.25, 0.3) is 5.57 Å². The zero-order valence-corrected chi connectivity index (χ0v) is 17.9. The minimum Gasteiger partial charge on any atom is -0.372 e. The van der Waals surface area contributed by atoms with Crippen LogP contribution in [0.4, 0.5) is 11.4 Å². The summed E-state index contributed by atoms with van der Waals surface area (Å²) in [4.78, 5) is 29.7. The highest BCUT2D eigenvalue weighted by atomic mass is 35.5. The van der Waals surface area contributed by atoms with Crippen molar-refractivity contribution in [3.05, 3.63) is 64.8 Å². The van der Waals surface area contributed by atoms with Gasteiger partial charge in [-0.25, -0.2) is 0 Å². The second-order valence-electron chi connectivity index (χ2n) is 7.74. The summed E-state index contributed by atoms with van der Waals surface area (Å²) in [7, 11) is 0. The van der Waals surface area contributed by atoms with Crippen LogP contribution in [0.2, 0.25) is 5.02 Å². The fraction of sp³-hybridized carbons (Fsp3) is 0.333. The Balaban J connectivity index is 1.63. The van der Waals surface area contributed by atoms with Crippen molar-refractivity contribution < 1.29 is 9.59 Å². The first-order valence-corrected chi connectivity index (χ1v) is 10.9. The van der Waals surface area contributed by atoms with Gasteiger partial charge in [-0.2, -0.15) is 0 Å². The molecule has 30 heavy (non-hydrogen) atoms. The molecule has 2 amide bonds. The number of carbonyl (C=O) groups is 2. The zero-order valence-electron chi connectivity index (χ0n) is 17.2. The molecule has 2 aliphatic rings. The van der Waals surface area contributed by atoms with Gasteiger partial charge in [-0.3, -0.25) is 14.5 Å². The molecule has 0 unspecified atom stereocenters. The predicted octanol–water partition coefficient (Wildman–Crippen LogP) is 4.93. The molecule has 1 fully saturated rings. The van der Waals surface area contributed by atoms with Gasteiger partial charge in [-0.05, 0) is 67.6 Å². The molecule has 2 aromatic rings. The van der Waals surface area contributed by atoms with Crippen molar-refractivity contribution in [1.82, 2.24) is 4.90 Å². The van der Waals surface area contributed by atoms with E-state index in [0.29, 0.717) is 34.8 Å². The second-order valence-corrected chi connectivity index (χ2v) is 8.17. The molecule has 2 heterocycles. The third-order valence-corrected chi connectivity index (χ3v) is 5.86. The lowest BCUT2D eigenvalue weighted by Crippen LogP contribution is -2.33. The van der Waals surface area contributed by atoms with Crippen LogP contribution in [0.5, 0.6) is 0 Å². The molecule has 0 spiro atoms. The topological polar surface area (TPSA) is 52.7 Å². The molecule has 156 valence electrons. The molecule has 0 saturated carbocycles. The van der Waals surface area contributed by atoms with Gasteiger partial charge in [0.2, 0.25) is 0 Å². The highest BCUT2D eigenvalue weighted by Crippen LogP contribution is 2.32. The normalized spacial score (nSPS) is 17.1. The summed E-state index contributed by atoms with van der Waals surface area (Å²) >= 11 is 6.01. The summed E-state index contributed by atoms with van der Waals surface area (Å²) in [5.41, 5.74) is 3.38. The first kappa shape index (κ1) is 20.5. The van der Waals surface area contributed by atoms with Gasteiger partial charge in [0, 0.05) is 36.0 Å². The summed E-state index contributed by atoms with van der Waals surface area (Å²) < 4.78 is 0. The molecule has 4 rings (SSSR count). The van der Waals surface area contributed by atoms with E-state index in [1.54, 1.807) is 24.3 Å². The van der Waals surface area contributed by atoms with Crippen molar-refractivity contribution in [2.45, 2.75) is 32.6 Å². The quantitative estimate of drug-likeness (QED) is 0.669. The van der Waals surface area contributed by atoms with Gasteiger partial charge >= 0.3 is 0 Å². The molecule has 6 heteroatoms. The smallest absolute Gasteiger partial charge is 0.278 e. The first-order valence-electron chi connectivity index (χ1n) is 10.6. The molecule has 0 radical (unpaired) electrons. The molecule has 0 atom stereocenters. The average Bonchev–Trinajstić information content (AvgIpc) is 3.00. The molecular formula is C24H26ClN3O2. The van der Waals surface area contributed by atoms with Crippen molar-refractivity contribution in [2.24, 2.45) is 0 Å². The van der Waals surface area contributed by atoms with Gasteiger partial charge < -0.3 is 10.2 Å². The lowest BCUT2D eigenvalue weighted by Gasteiger charge is -2.28. The van der Waals surface area contributed by atoms with Crippen molar-refractivity contribution in [3.8, 4) is 0 Å². The van der Waals surface area contributed by atoms with Gasteiger partial charge in [-0.15, -0.1) is 0 Å². The summed E-state index contributed by atoms with van der Waals surface area (Å²) in [6.45, 7) is 4.51. The van der Waals surface area contributed by atoms with Gasteiger partial charge in [0.25, 0.3) is 11.8 Å². The number of piperidine rings is 1. The molecule has 0 aromatic heterocycles. The van der Waals surface area contributed by atoms with E-state index in [-0.39, 0.29) is 11.8 Å². The molecule has 0 bridgehead atoms. The monoisotopic (exact) mass is 423 g/mol. The van der Waals surface area contributed by atoms with Crippen molar-refractivity contribution >= 4 is 40.4 Å². The van der Waals surface area contributed by atoms with Crippen molar-refractivity contribution in [2.75, 3.05) is 29.9 Å². The number of hydrogen-bond acceptors (Lipinski definition) is 4. The third kappa shape index (κ3) is 4.08. The van der Waals surface area contributed by atoms with Crippen LogP contribution in [0.1, 0.15) is 38.2 Å². The van der Waals surface area contributed by atoms with Crippen LogP contribution >= 0.6 is 11.6 Å². The maximum absolute atomic E-state index is 13.0. The molecule has 1 saturated heterocycles. The van der Waals surface area contributed by atoms with E-state index in [1.165, 1.54) is 29.8 Å². The number of anilines is 2. The largest absolute Gasteiger partial charge is 0.372 e. The number of imide groups is 1. The predicted molar refractivity (Wildman–Crippen MR) is 122 cm³/mol. The van der Waals surface area contributed by atoms with Crippen LogP contribution in [0.15, 0.2) is 54.2 Å².